The van der Waals surface area contributed by atoms with E-state index in [1.54, 1.807) is 4.57 Å². The summed E-state index contributed by atoms with van der Waals surface area (Å²) in [6.45, 7) is 9.31. The van der Waals surface area contributed by atoms with Crippen LogP contribution in [0.5, 0.6) is 5.75 Å². The van der Waals surface area contributed by atoms with Gasteiger partial charge in [-0.05, 0) is 23.3 Å². The average molecular weight is 323 g/mol. The summed E-state index contributed by atoms with van der Waals surface area (Å²) in [7, 11) is 0. The molecule has 2 aromatic heterocycles. The van der Waals surface area contributed by atoms with Gasteiger partial charge < -0.3 is 14.4 Å². The van der Waals surface area contributed by atoms with Gasteiger partial charge in [0.1, 0.15) is 10.4 Å². The average Bonchev–Trinajstić information content (AvgIpc) is 2.92. The number of ether oxygens (including phenoxy) is 1. The lowest BCUT2D eigenvalue weighted by Crippen LogP contribution is -2.30. The number of fused-ring (bicyclic) bond motifs is 1. The van der Waals surface area contributed by atoms with Crippen LogP contribution in [-0.2, 0) is 13.2 Å². The lowest BCUT2D eigenvalue weighted by Gasteiger charge is -2.24. The normalized spacial score (nSPS) is 12.0. The molecule has 0 aromatic carbocycles. The van der Waals surface area contributed by atoms with E-state index in [1.807, 2.05) is 11.4 Å². The molecule has 0 saturated heterocycles. The first-order valence-electron chi connectivity index (χ1n) is 7.75. The molecule has 2 aromatic rings. The van der Waals surface area contributed by atoms with Crippen molar-refractivity contribution < 1.29 is 9.84 Å². The third-order valence-corrected chi connectivity index (χ3v) is 4.37. The van der Waals surface area contributed by atoms with Crippen molar-refractivity contribution in [3.63, 3.8) is 0 Å². The van der Waals surface area contributed by atoms with Gasteiger partial charge in [0.2, 0.25) is 0 Å². The summed E-state index contributed by atoms with van der Waals surface area (Å²) in [5, 5.41) is 12.6. The SMILES string of the molecule is CCCCOc1c(CO)n(CC(C)(C)C)c(=O)c2sccc12. The second-order valence-electron chi connectivity index (χ2n) is 6.75. The van der Waals surface area contributed by atoms with Crippen molar-refractivity contribution in [1.82, 2.24) is 4.57 Å². The number of unbranched alkanes of at least 4 members (excludes halogenated alkanes) is 1. The molecule has 0 aliphatic carbocycles. The maximum Gasteiger partial charge on any atom is 0.269 e. The fourth-order valence-corrected chi connectivity index (χ4v) is 3.29. The van der Waals surface area contributed by atoms with Crippen LogP contribution in [0, 0.1) is 5.41 Å². The number of hydrogen-bond donors (Lipinski definition) is 1. The van der Waals surface area contributed by atoms with Crippen molar-refractivity contribution in [3.05, 3.63) is 27.5 Å². The lowest BCUT2D eigenvalue weighted by atomic mass is 9.96. The Morgan fingerprint density at radius 2 is 2.09 bits per heavy atom. The van der Waals surface area contributed by atoms with Crippen molar-refractivity contribution in [3.8, 4) is 5.75 Å². The minimum Gasteiger partial charge on any atom is -0.491 e. The van der Waals surface area contributed by atoms with Crippen LogP contribution in [-0.4, -0.2) is 16.3 Å². The Kier molecular flexibility index (Phi) is 5.29. The highest BCUT2D eigenvalue weighted by atomic mass is 32.1. The van der Waals surface area contributed by atoms with Crippen LogP contribution < -0.4 is 10.3 Å². The van der Waals surface area contributed by atoms with Gasteiger partial charge in [-0.2, -0.15) is 0 Å². The molecule has 0 aliphatic heterocycles. The van der Waals surface area contributed by atoms with Gasteiger partial charge in [0, 0.05) is 11.9 Å². The highest BCUT2D eigenvalue weighted by Gasteiger charge is 2.22. The summed E-state index contributed by atoms with van der Waals surface area (Å²) in [6, 6.07) is 1.91. The van der Waals surface area contributed by atoms with Gasteiger partial charge in [-0.1, -0.05) is 34.1 Å². The number of aromatic nitrogens is 1. The van der Waals surface area contributed by atoms with E-state index in [1.165, 1.54) is 11.3 Å². The first-order valence-corrected chi connectivity index (χ1v) is 8.63. The molecular weight excluding hydrogens is 298 g/mol. The molecule has 0 radical (unpaired) electrons. The molecule has 5 heteroatoms. The Bertz CT molecular complexity index is 694. The smallest absolute Gasteiger partial charge is 0.269 e. The van der Waals surface area contributed by atoms with Crippen LogP contribution in [0.25, 0.3) is 10.1 Å². The Labute approximate surface area is 135 Å². The Hall–Kier alpha value is -1.33. The predicted molar refractivity (Wildman–Crippen MR) is 91.9 cm³/mol. The third-order valence-electron chi connectivity index (χ3n) is 3.46. The lowest BCUT2D eigenvalue weighted by molar-refractivity contribution is 0.237. The van der Waals surface area contributed by atoms with E-state index < -0.39 is 0 Å². The zero-order valence-corrected chi connectivity index (χ0v) is 14.6. The first kappa shape index (κ1) is 17.0. The molecule has 0 atom stereocenters. The zero-order valence-electron chi connectivity index (χ0n) is 13.8. The maximum atomic E-state index is 12.7. The van der Waals surface area contributed by atoms with E-state index in [9.17, 15) is 9.90 Å². The molecule has 4 nitrogen and oxygen atoms in total. The number of nitrogens with zero attached hydrogens (tertiary/aromatic N) is 1. The van der Waals surface area contributed by atoms with Crippen molar-refractivity contribution in [2.24, 2.45) is 5.41 Å². The van der Waals surface area contributed by atoms with Gasteiger partial charge in [0.25, 0.3) is 5.56 Å². The van der Waals surface area contributed by atoms with Crippen LogP contribution in [0.15, 0.2) is 16.2 Å². The molecule has 22 heavy (non-hydrogen) atoms. The van der Waals surface area contributed by atoms with Crippen LogP contribution in [0.3, 0.4) is 0 Å². The molecule has 0 unspecified atom stereocenters. The summed E-state index contributed by atoms with van der Waals surface area (Å²) in [5.74, 6) is 0.663. The second kappa shape index (κ2) is 6.84. The Morgan fingerprint density at radius 3 is 2.68 bits per heavy atom. The minimum atomic E-state index is -0.196. The number of hydrogen-bond acceptors (Lipinski definition) is 4. The summed E-state index contributed by atoms with van der Waals surface area (Å²) in [6.07, 6.45) is 2.00. The first-order chi connectivity index (χ1) is 10.4. The van der Waals surface area contributed by atoms with Crippen LogP contribution in [0.2, 0.25) is 0 Å². The molecule has 1 N–H and O–H groups in total. The number of thiophene rings is 1. The largest absolute Gasteiger partial charge is 0.491 e. The Balaban J connectivity index is 2.62. The maximum absolute atomic E-state index is 12.7. The van der Waals surface area contributed by atoms with Crippen molar-refractivity contribution >= 4 is 21.4 Å². The molecule has 2 rings (SSSR count). The standard InChI is InChI=1S/C17H25NO3S/c1-5-6-8-21-14-12-7-9-22-15(12)16(20)18(13(14)10-19)11-17(2,3)4/h7,9,19H,5-6,8,10-11H2,1-4H3. The Morgan fingerprint density at radius 1 is 1.36 bits per heavy atom. The van der Waals surface area contributed by atoms with Gasteiger partial charge in [-0.3, -0.25) is 4.79 Å². The van der Waals surface area contributed by atoms with Crippen LogP contribution >= 0.6 is 11.3 Å². The molecule has 0 spiro atoms. The number of aliphatic hydroxyl groups is 1. The number of pyridine rings is 1. The molecule has 122 valence electrons. The fourth-order valence-electron chi connectivity index (χ4n) is 2.46. The van der Waals surface area contributed by atoms with Crippen molar-refractivity contribution in [2.75, 3.05) is 6.61 Å². The zero-order chi connectivity index (χ0) is 16.3. The molecular formula is C17H25NO3S. The molecule has 0 aliphatic rings. The predicted octanol–water partition coefficient (Wildman–Crippen LogP) is 3.78. The van der Waals surface area contributed by atoms with Crippen LogP contribution in [0.1, 0.15) is 46.2 Å². The van der Waals surface area contributed by atoms with E-state index in [0.29, 0.717) is 29.3 Å². The molecule has 0 amide bonds. The van der Waals surface area contributed by atoms with Crippen molar-refractivity contribution in [2.45, 2.75) is 53.7 Å². The van der Waals surface area contributed by atoms with E-state index in [0.717, 1.165) is 18.2 Å². The highest BCUT2D eigenvalue weighted by Crippen LogP contribution is 2.32. The fraction of sp³-hybridized carbons (Fsp3) is 0.588. The molecule has 0 saturated carbocycles. The number of rotatable bonds is 6. The van der Waals surface area contributed by atoms with E-state index in [4.69, 9.17) is 4.74 Å². The van der Waals surface area contributed by atoms with Gasteiger partial charge in [-0.25, -0.2) is 0 Å². The third kappa shape index (κ3) is 3.52. The summed E-state index contributed by atoms with van der Waals surface area (Å²) in [5.41, 5.74) is 0.494. The number of aliphatic hydroxyl groups excluding tert-OH is 1. The molecule has 0 bridgehead atoms. The molecule has 2 heterocycles. The van der Waals surface area contributed by atoms with Gasteiger partial charge in [0.15, 0.2) is 0 Å². The summed E-state index contributed by atoms with van der Waals surface area (Å²) in [4.78, 5) is 12.7. The minimum absolute atomic E-state index is 0.0354. The van der Waals surface area contributed by atoms with Crippen molar-refractivity contribution in [1.29, 1.82) is 0 Å². The van der Waals surface area contributed by atoms with Gasteiger partial charge in [0.05, 0.1) is 18.9 Å². The van der Waals surface area contributed by atoms with Gasteiger partial charge in [-0.15, -0.1) is 11.3 Å². The molecule has 0 fully saturated rings. The van der Waals surface area contributed by atoms with E-state index in [2.05, 4.69) is 27.7 Å². The second-order valence-corrected chi connectivity index (χ2v) is 7.67. The monoisotopic (exact) mass is 323 g/mol. The van der Waals surface area contributed by atoms with Gasteiger partial charge >= 0.3 is 0 Å². The van der Waals surface area contributed by atoms with Crippen LogP contribution in [0.4, 0.5) is 0 Å². The van der Waals surface area contributed by atoms with E-state index >= 15 is 0 Å². The quantitative estimate of drug-likeness (QED) is 0.823. The highest BCUT2D eigenvalue weighted by molar-refractivity contribution is 7.17. The topological polar surface area (TPSA) is 51.5 Å². The van der Waals surface area contributed by atoms with E-state index in [-0.39, 0.29) is 17.6 Å². The summed E-state index contributed by atoms with van der Waals surface area (Å²) >= 11 is 1.43. The summed E-state index contributed by atoms with van der Waals surface area (Å²) < 4.78 is 8.32.